The Hall–Kier alpha value is -3.72. The molecule has 0 saturated heterocycles. The standard InChI is InChI=1S/C20H16N4O4S/c1-27-15-5-3-2-4-14(15)18-22-20-24(23-18)19(26)16(29-20)10-12-6-8-13(9-7-12)28-11-17(21)25/h2-10H,11H2,1H3,(H2,21,25)/b16-10-. The first kappa shape index (κ1) is 18.6. The van der Waals surface area contributed by atoms with Crippen molar-refractivity contribution in [3.63, 3.8) is 0 Å². The molecule has 0 radical (unpaired) electrons. The van der Waals surface area contributed by atoms with Crippen molar-refractivity contribution in [3.05, 3.63) is 69.0 Å². The van der Waals surface area contributed by atoms with E-state index in [4.69, 9.17) is 15.2 Å². The number of fused-ring (bicyclic) bond motifs is 1. The zero-order chi connectivity index (χ0) is 20.4. The fraction of sp³-hybridized carbons (Fsp3) is 0.100. The molecule has 4 aromatic rings. The highest BCUT2D eigenvalue weighted by atomic mass is 32.1. The maximum atomic E-state index is 12.7. The van der Waals surface area contributed by atoms with E-state index in [2.05, 4.69) is 10.1 Å². The van der Waals surface area contributed by atoms with E-state index in [1.54, 1.807) is 37.5 Å². The van der Waals surface area contributed by atoms with Crippen LogP contribution in [0.4, 0.5) is 0 Å². The van der Waals surface area contributed by atoms with Crippen LogP contribution in [-0.4, -0.2) is 34.2 Å². The van der Waals surface area contributed by atoms with Crippen molar-refractivity contribution in [2.24, 2.45) is 5.73 Å². The van der Waals surface area contributed by atoms with Gasteiger partial charge >= 0.3 is 0 Å². The maximum Gasteiger partial charge on any atom is 0.291 e. The third-order valence-electron chi connectivity index (χ3n) is 4.09. The molecule has 0 saturated carbocycles. The SMILES string of the molecule is COc1ccccc1-c1nc2s/c(=C\c3ccc(OCC(N)=O)cc3)c(=O)n2n1. The van der Waals surface area contributed by atoms with E-state index in [-0.39, 0.29) is 12.2 Å². The number of para-hydroxylation sites is 1. The number of carbonyl (C=O) groups excluding carboxylic acids is 1. The molecule has 146 valence electrons. The Bertz CT molecular complexity index is 1290. The van der Waals surface area contributed by atoms with Crippen molar-refractivity contribution in [1.29, 1.82) is 0 Å². The summed E-state index contributed by atoms with van der Waals surface area (Å²) in [5.74, 6) is 1.06. The Morgan fingerprint density at radius 1 is 1.21 bits per heavy atom. The number of nitrogens with two attached hydrogens (primary N) is 1. The molecule has 2 N–H and O–H groups in total. The van der Waals surface area contributed by atoms with E-state index < -0.39 is 5.91 Å². The number of thiazole rings is 1. The van der Waals surface area contributed by atoms with Gasteiger partial charge in [-0.2, -0.15) is 9.50 Å². The minimum absolute atomic E-state index is 0.184. The Morgan fingerprint density at radius 2 is 1.97 bits per heavy atom. The number of hydrogen-bond acceptors (Lipinski definition) is 7. The van der Waals surface area contributed by atoms with Crippen LogP contribution in [0.5, 0.6) is 11.5 Å². The summed E-state index contributed by atoms with van der Waals surface area (Å²) in [7, 11) is 1.58. The number of ether oxygens (including phenoxy) is 2. The number of benzene rings is 2. The number of aromatic nitrogens is 3. The minimum atomic E-state index is -0.543. The van der Waals surface area contributed by atoms with E-state index in [9.17, 15) is 9.59 Å². The zero-order valence-electron chi connectivity index (χ0n) is 15.4. The number of amides is 1. The van der Waals surface area contributed by atoms with Gasteiger partial charge in [-0.25, -0.2) is 0 Å². The summed E-state index contributed by atoms with van der Waals surface area (Å²) >= 11 is 1.25. The summed E-state index contributed by atoms with van der Waals surface area (Å²) < 4.78 is 12.4. The fourth-order valence-corrected chi connectivity index (χ4v) is 3.65. The van der Waals surface area contributed by atoms with Gasteiger partial charge in [-0.3, -0.25) is 9.59 Å². The van der Waals surface area contributed by atoms with Crippen molar-refractivity contribution in [2.45, 2.75) is 0 Å². The van der Waals surface area contributed by atoms with Gasteiger partial charge in [0.05, 0.1) is 17.2 Å². The normalized spacial score (nSPS) is 11.7. The van der Waals surface area contributed by atoms with Gasteiger partial charge in [0.25, 0.3) is 11.5 Å². The Labute approximate surface area is 168 Å². The van der Waals surface area contributed by atoms with Crippen molar-refractivity contribution < 1.29 is 14.3 Å². The van der Waals surface area contributed by atoms with Gasteiger partial charge in [0.2, 0.25) is 4.96 Å². The molecule has 29 heavy (non-hydrogen) atoms. The van der Waals surface area contributed by atoms with E-state index in [1.807, 2.05) is 24.3 Å². The molecule has 9 heteroatoms. The molecule has 2 heterocycles. The minimum Gasteiger partial charge on any atom is -0.496 e. The lowest BCUT2D eigenvalue weighted by molar-refractivity contribution is -0.119. The predicted molar refractivity (Wildman–Crippen MR) is 109 cm³/mol. The molecule has 0 aliphatic carbocycles. The van der Waals surface area contributed by atoms with Gasteiger partial charge in [0, 0.05) is 0 Å². The molecule has 2 aromatic heterocycles. The van der Waals surface area contributed by atoms with Crippen LogP contribution in [0.1, 0.15) is 5.56 Å². The van der Waals surface area contributed by atoms with E-state index >= 15 is 0 Å². The third kappa shape index (κ3) is 3.81. The number of nitrogens with zero attached hydrogens (tertiary/aromatic N) is 3. The zero-order valence-corrected chi connectivity index (χ0v) is 16.2. The lowest BCUT2D eigenvalue weighted by Gasteiger charge is -2.03. The van der Waals surface area contributed by atoms with Crippen LogP contribution in [0.25, 0.3) is 22.4 Å². The van der Waals surface area contributed by atoms with Crippen LogP contribution in [-0.2, 0) is 4.79 Å². The van der Waals surface area contributed by atoms with E-state index in [0.717, 1.165) is 11.1 Å². The number of hydrogen-bond donors (Lipinski definition) is 1. The second-order valence-electron chi connectivity index (χ2n) is 6.07. The topological polar surface area (TPSA) is 109 Å². The summed E-state index contributed by atoms with van der Waals surface area (Å²) in [4.78, 5) is 28.5. The molecule has 0 atom stereocenters. The second kappa shape index (κ2) is 7.72. The van der Waals surface area contributed by atoms with Crippen molar-refractivity contribution in [1.82, 2.24) is 14.6 Å². The molecule has 0 unspecified atom stereocenters. The molecule has 0 spiro atoms. The first-order chi connectivity index (χ1) is 14.0. The molecule has 2 aromatic carbocycles. The van der Waals surface area contributed by atoms with Crippen LogP contribution in [0.3, 0.4) is 0 Å². The largest absolute Gasteiger partial charge is 0.496 e. The number of rotatable bonds is 6. The van der Waals surface area contributed by atoms with Crippen LogP contribution >= 0.6 is 11.3 Å². The average molecular weight is 408 g/mol. The lowest BCUT2D eigenvalue weighted by Crippen LogP contribution is -2.23. The number of primary amides is 1. The quantitative estimate of drug-likeness (QED) is 0.514. The summed E-state index contributed by atoms with van der Waals surface area (Å²) in [6.07, 6.45) is 1.75. The molecule has 0 aliphatic rings. The molecule has 0 aliphatic heterocycles. The van der Waals surface area contributed by atoms with E-state index in [1.165, 1.54) is 15.9 Å². The average Bonchev–Trinajstić information content (AvgIpc) is 3.27. The molecule has 1 amide bonds. The van der Waals surface area contributed by atoms with Crippen LogP contribution in [0.2, 0.25) is 0 Å². The van der Waals surface area contributed by atoms with Crippen molar-refractivity contribution >= 4 is 28.3 Å². The predicted octanol–water partition coefficient (Wildman–Crippen LogP) is 1.24. The maximum absolute atomic E-state index is 12.7. The van der Waals surface area contributed by atoms with Crippen LogP contribution in [0, 0.1) is 0 Å². The first-order valence-electron chi connectivity index (χ1n) is 8.61. The van der Waals surface area contributed by atoms with Crippen molar-refractivity contribution in [2.75, 3.05) is 13.7 Å². The molecule has 0 fully saturated rings. The van der Waals surface area contributed by atoms with Crippen LogP contribution < -0.4 is 25.3 Å². The lowest BCUT2D eigenvalue weighted by atomic mass is 10.2. The molecule has 8 nitrogen and oxygen atoms in total. The number of carbonyl (C=O) groups is 1. The van der Waals surface area contributed by atoms with Crippen LogP contribution in [0.15, 0.2) is 53.3 Å². The summed E-state index contributed by atoms with van der Waals surface area (Å²) in [5.41, 5.74) is 6.34. The fourth-order valence-electron chi connectivity index (χ4n) is 2.74. The Morgan fingerprint density at radius 3 is 2.66 bits per heavy atom. The van der Waals surface area contributed by atoms with Gasteiger partial charge in [0.15, 0.2) is 12.4 Å². The second-order valence-corrected chi connectivity index (χ2v) is 7.08. The highest BCUT2D eigenvalue weighted by Gasteiger charge is 2.14. The third-order valence-corrected chi connectivity index (χ3v) is 5.05. The highest BCUT2D eigenvalue weighted by Crippen LogP contribution is 2.27. The molecule has 0 bridgehead atoms. The summed E-state index contributed by atoms with van der Waals surface area (Å²) in [6, 6.07) is 14.4. The number of methoxy groups -OCH3 is 1. The molecule has 4 rings (SSSR count). The monoisotopic (exact) mass is 408 g/mol. The Kier molecular flexibility index (Phi) is 4.96. The Balaban J connectivity index is 1.66. The van der Waals surface area contributed by atoms with E-state index in [0.29, 0.717) is 26.8 Å². The van der Waals surface area contributed by atoms with Gasteiger partial charge in [-0.1, -0.05) is 35.6 Å². The van der Waals surface area contributed by atoms with Gasteiger partial charge < -0.3 is 15.2 Å². The van der Waals surface area contributed by atoms with Gasteiger partial charge in [-0.15, -0.1) is 5.10 Å². The first-order valence-corrected chi connectivity index (χ1v) is 9.42. The van der Waals surface area contributed by atoms with Gasteiger partial charge in [-0.05, 0) is 35.9 Å². The smallest absolute Gasteiger partial charge is 0.291 e. The molecular weight excluding hydrogens is 392 g/mol. The van der Waals surface area contributed by atoms with Crippen molar-refractivity contribution in [3.8, 4) is 22.9 Å². The summed E-state index contributed by atoms with van der Waals surface area (Å²) in [6.45, 7) is -0.184. The van der Waals surface area contributed by atoms with Gasteiger partial charge in [0.1, 0.15) is 11.5 Å². The summed E-state index contributed by atoms with van der Waals surface area (Å²) in [5, 5.41) is 4.35. The molecular formula is C20H16N4O4S. The highest BCUT2D eigenvalue weighted by molar-refractivity contribution is 7.15.